The number of rotatable bonds is 3. The average molecular weight is 393 g/mol. The molecule has 4 rings (SSSR count). The van der Waals surface area contributed by atoms with Crippen molar-refractivity contribution in [2.75, 3.05) is 6.54 Å². The molecule has 2 fully saturated rings. The molecule has 3 aliphatic rings. The number of β-lactam (4-membered cyclic amide) rings is 1. The summed E-state index contributed by atoms with van der Waals surface area (Å²) in [4.78, 5) is 41.5. The summed E-state index contributed by atoms with van der Waals surface area (Å²) in [5.41, 5.74) is 0.685. The number of halogens is 3. The van der Waals surface area contributed by atoms with Crippen LogP contribution in [0.15, 0.2) is 41.7 Å². The second-order valence-corrected chi connectivity index (χ2v) is 6.73. The van der Waals surface area contributed by atoms with Gasteiger partial charge in [0.25, 0.3) is 5.91 Å². The highest BCUT2D eigenvalue weighted by Gasteiger charge is 2.65. The molecule has 1 N–H and O–H groups in total. The van der Waals surface area contributed by atoms with Gasteiger partial charge in [0, 0.05) is 18.7 Å². The zero-order chi connectivity index (χ0) is 20.2. The van der Waals surface area contributed by atoms with Crippen LogP contribution >= 0.6 is 0 Å². The summed E-state index contributed by atoms with van der Waals surface area (Å²) in [6.07, 6.45) is -0.256. The standard InChI is InChI=1S/C18H14F3N3O4/c19-18(20,21)17(28)23-8-6-11-10(5-4-9-3-1-2-7-22-9)13(16(26)27)24-12(11)14(23)15(24)25/h1-5,7,11-12,14H,6,8H2,(H,26,27)/b5-4+/t11?,12-,14+/m1/s1. The molecule has 2 amide bonds. The molecule has 1 unspecified atom stereocenters. The number of carbonyl (C=O) groups is 3. The van der Waals surface area contributed by atoms with Crippen LogP contribution in [0.5, 0.6) is 0 Å². The maximum atomic E-state index is 12.8. The van der Waals surface area contributed by atoms with Gasteiger partial charge in [-0.05, 0) is 30.2 Å². The number of aromatic nitrogens is 1. The van der Waals surface area contributed by atoms with Gasteiger partial charge in [-0.15, -0.1) is 0 Å². The Hall–Kier alpha value is -3.17. The van der Waals surface area contributed by atoms with Crippen molar-refractivity contribution in [3.63, 3.8) is 0 Å². The first-order valence-corrected chi connectivity index (χ1v) is 8.49. The van der Waals surface area contributed by atoms with Gasteiger partial charge in [0.05, 0.1) is 11.7 Å². The third-order valence-corrected chi connectivity index (χ3v) is 5.28. The summed E-state index contributed by atoms with van der Waals surface area (Å²) in [5.74, 6) is -4.66. The second-order valence-electron chi connectivity index (χ2n) is 6.73. The van der Waals surface area contributed by atoms with Crippen molar-refractivity contribution < 1.29 is 32.7 Å². The van der Waals surface area contributed by atoms with Crippen LogP contribution < -0.4 is 0 Å². The number of hydrogen-bond donors (Lipinski definition) is 1. The maximum absolute atomic E-state index is 12.8. The molecule has 0 spiro atoms. The summed E-state index contributed by atoms with van der Waals surface area (Å²) in [6.45, 7) is -0.266. The van der Waals surface area contributed by atoms with Crippen LogP contribution in [0.2, 0.25) is 0 Å². The molecular weight excluding hydrogens is 379 g/mol. The van der Waals surface area contributed by atoms with Crippen molar-refractivity contribution >= 4 is 23.9 Å². The van der Waals surface area contributed by atoms with Crippen molar-refractivity contribution in [3.8, 4) is 0 Å². The Kier molecular flexibility index (Phi) is 4.02. The predicted molar refractivity (Wildman–Crippen MR) is 88.2 cm³/mol. The molecule has 28 heavy (non-hydrogen) atoms. The van der Waals surface area contributed by atoms with Crippen LogP contribution in [-0.2, 0) is 14.4 Å². The first-order chi connectivity index (χ1) is 13.2. The van der Waals surface area contributed by atoms with E-state index >= 15 is 0 Å². The number of carboxylic acid groups (broad SMARTS) is 1. The second kappa shape index (κ2) is 6.18. The fourth-order valence-corrected chi connectivity index (χ4v) is 4.18. The zero-order valence-electron chi connectivity index (χ0n) is 14.3. The van der Waals surface area contributed by atoms with E-state index in [1.54, 1.807) is 36.5 Å². The SMILES string of the molecule is O=C(O)C1=C(/C=C/c2ccccn2)C2CCN(C(=O)C(F)(F)F)[C@@H]3C(=O)N1[C@H]23. The Labute approximate surface area is 156 Å². The maximum Gasteiger partial charge on any atom is 0.471 e. The van der Waals surface area contributed by atoms with Crippen LogP contribution in [0.4, 0.5) is 13.2 Å². The van der Waals surface area contributed by atoms with E-state index in [-0.39, 0.29) is 18.7 Å². The lowest BCUT2D eigenvalue weighted by molar-refractivity contribution is -0.198. The van der Waals surface area contributed by atoms with Crippen LogP contribution in [0, 0.1) is 5.92 Å². The van der Waals surface area contributed by atoms with E-state index < -0.39 is 42.0 Å². The Morgan fingerprint density at radius 3 is 2.61 bits per heavy atom. The summed E-state index contributed by atoms with van der Waals surface area (Å²) in [6, 6.07) is 3.10. The number of aliphatic carboxylic acids is 1. The van der Waals surface area contributed by atoms with E-state index in [0.717, 1.165) is 4.90 Å². The van der Waals surface area contributed by atoms with Gasteiger partial charge in [-0.1, -0.05) is 12.1 Å². The van der Waals surface area contributed by atoms with E-state index in [2.05, 4.69) is 4.98 Å². The fraction of sp³-hybridized carbons (Fsp3) is 0.333. The minimum absolute atomic E-state index is 0.130. The Balaban J connectivity index is 1.68. The number of carbonyl (C=O) groups excluding carboxylic acids is 2. The quantitative estimate of drug-likeness (QED) is 0.785. The van der Waals surface area contributed by atoms with Gasteiger partial charge >= 0.3 is 18.1 Å². The lowest BCUT2D eigenvalue weighted by atomic mass is 9.78. The third kappa shape index (κ3) is 2.59. The minimum Gasteiger partial charge on any atom is -0.477 e. The lowest BCUT2D eigenvalue weighted by Gasteiger charge is -2.53. The number of likely N-dealkylation sites (tertiary alicyclic amines) is 1. The highest BCUT2D eigenvalue weighted by Crippen LogP contribution is 2.49. The molecule has 4 heterocycles. The van der Waals surface area contributed by atoms with Gasteiger partial charge in [-0.25, -0.2) is 4.79 Å². The predicted octanol–water partition coefficient (Wildman–Crippen LogP) is 1.44. The van der Waals surface area contributed by atoms with Gasteiger partial charge in [-0.2, -0.15) is 13.2 Å². The van der Waals surface area contributed by atoms with Crippen molar-refractivity contribution in [1.29, 1.82) is 0 Å². The van der Waals surface area contributed by atoms with Crippen LogP contribution in [0.3, 0.4) is 0 Å². The van der Waals surface area contributed by atoms with Crippen LogP contribution in [-0.4, -0.2) is 62.5 Å². The molecule has 3 aliphatic heterocycles. The number of alkyl halides is 3. The Morgan fingerprint density at radius 1 is 1.25 bits per heavy atom. The summed E-state index contributed by atoms with van der Waals surface area (Å²) < 4.78 is 38.5. The van der Waals surface area contributed by atoms with Gasteiger partial charge in [0.15, 0.2) is 0 Å². The normalized spacial score (nSPS) is 26.5. The molecule has 1 aromatic rings. The first-order valence-electron chi connectivity index (χ1n) is 8.49. The van der Waals surface area contributed by atoms with Crippen LogP contribution in [0.25, 0.3) is 6.08 Å². The van der Waals surface area contributed by atoms with Gasteiger partial charge < -0.3 is 10.0 Å². The highest BCUT2D eigenvalue weighted by atomic mass is 19.4. The van der Waals surface area contributed by atoms with Gasteiger partial charge in [-0.3, -0.25) is 19.5 Å². The molecule has 10 heteroatoms. The lowest BCUT2D eigenvalue weighted by Crippen LogP contribution is -2.74. The molecule has 2 saturated heterocycles. The number of nitrogens with zero attached hydrogens (tertiary/aromatic N) is 3. The van der Waals surface area contributed by atoms with E-state index in [1.165, 1.54) is 0 Å². The number of amides is 2. The number of carboxylic acids is 1. The molecule has 3 atom stereocenters. The summed E-state index contributed by atoms with van der Waals surface area (Å²) in [7, 11) is 0. The largest absolute Gasteiger partial charge is 0.477 e. The van der Waals surface area contributed by atoms with Gasteiger partial charge in [0.1, 0.15) is 11.7 Å². The fourth-order valence-electron chi connectivity index (χ4n) is 4.18. The zero-order valence-corrected chi connectivity index (χ0v) is 14.3. The molecule has 1 aromatic heterocycles. The number of hydrogen-bond acceptors (Lipinski definition) is 4. The van der Waals surface area contributed by atoms with Crippen molar-refractivity contribution in [2.45, 2.75) is 24.7 Å². The molecule has 0 saturated carbocycles. The van der Waals surface area contributed by atoms with E-state index in [9.17, 15) is 32.7 Å². The minimum atomic E-state index is -5.09. The molecule has 146 valence electrons. The van der Waals surface area contributed by atoms with E-state index in [4.69, 9.17) is 0 Å². The molecule has 7 nitrogen and oxygen atoms in total. The number of allylic oxidation sites excluding steroid dienone is 1. The first kappa shape index (κ1) is 18.2. The van der Waals surface area contributed by atoms with Crippen molar-refractivity contribution in [1.82, 2.24) is 14.8 Å². The van der Waals surface area contributed by atoms with E-state index in [0.29, 0.717) is 16.2 Å². The number of piperidine rings is 1. The highest BCUT2D eigenvalue weighted by molar-refractivity contribution is 6.04. The van der Waals surface area contributed by atoms with E-state index in [1.807, 2.05) is 0 Å². The average Bonchev–Trinajstić information content (AvgIpc) is 2.97. The molecule has 0 aromatic carbocycles. The molecular formula is C18H14F3N3O4. The topological polar surface area (TPSA) is 90.8 Å². The Bertz CT molecular complexity index is 926. The van der Waals surface area contributed by atoms with Gasteiger partial charge in [0.2, 0.25) is 0 Å². The third-order valence-electron chi connectivity index (χ3n) is 5.28. The van der Waals surface area contributed by atoms with Crippen molar-refractivity contribution in [2.24, 2.45) is 5.92 Å². The molecule has 0 aliphatic carbocycles. The molecule has 0 radical (unpaired) electrons. The monoisotopic (exact) mass is 393 g/mol. The molecule has 0 bridgehead atoms. The smallest absolute Gasteiger partial charge is 0.471 e. The van der Waals surface area contributed by atoms with Crippen molar-refractivity contribution in [3.05, 3.63) is 47.4 Å². The summed E-state index contributed by atoms with van der Waals surface area (Å²) >= 11 is 0. The number of pyridine rings is 1. The Morgan fingerprint density at radius 2 is 2.00 bits per heavy atom. The van der Waals surface area contributed by atoms with Crippen LogP contribution in [0.1, 0.15) is 12.1 Å². The summed E-state index contributed by atoms with van der Waals surface area (Å²) in [5, 5.41) is 9.58.